The molecule has 2 fully saturated rings. The van der Waals surface area contributed by atoms with Crippen LogP contribution in [0.15, 0.2) is 33.7 Å². The second-order valence-electron chi connectivity index (χ2n) is 7.07. The van der Waals surface area contributed by atoms with Crippen molar-refractivity contribution < 1.29 is 4.79 Å². The number of hydrogen-bond acceptors (Lipinski definition) is 2. The maximum absolute atomic E-state index is 11.2. The van der Waals surface area contributed by atoms with E-state index in [9.17, 15) is 4.79 Å². The third-order valence-electron chi connectivity index (χ3n) is 5.02. The van der Waals surface area contributed by atoms with Gasteiger partial charge in [-0.2, -0.15) is 0 Å². The highest BCUT2D eigenvalue weighted by molar-refractivity contribution is 14.0. The molecule has 0 radical (unpaired) electrons. The molecule has 1 aliphatic carbocycles. The number of halogens is 2. The summed E-state index contributed by atoms with van der Waals surface area (Å²) in [5, 5.41) is 3.65. The molecule has 1 heterocycles. The minimum Gasteiger partial charge on any atom is -0.370 e. The lowest BCUT2D eigenvalue weighted by atomic mass is 9.95. The molecule has 0 bridgehead atoms. The van der Waals surface area contributed by atoms with E-state index in [2.05, 4.69) is 57.3 Å². The summed E-state index contributed by atoms with van der Waals surface area (Å²) in [5.74, 6) is 1.69. The van der Waals surface area contributed by atoms with Crippen molar-refractivity contribution in [1.29, 1.82) is 0 Å². The Kier molecular flexibility index (Phi) is 8.19. The Morgan fingerprint density at radius 2 is 2.12 bits per heavy atom. The van der Waals surface area contributed by atoms with Crippen molar-refractivity contribution in [2.75, 3.05) is 19.6 Å². The van der Waals surface area contributed by atoms with Crippen LogP contribution in [0, 0.1) is 5.92 Å². The Balaban J connectivity index is 0.00000243. The van der Waals surface area contributed by atoms with Crippen molar-refractivity contribution in [3.05, 3.63) is 34.3 Å². The fourth-order valence-electron chi connectivity index (χ4n) is 3.69. The standard InChI is InChI=1S/C19H27BrN4O.HI/c1-2-22-19(24-9-3-4-13(12-24)10-18(21)25)23-17-11-16(17)14-5-7-15(20)8-6-14;/h5-8,13,16-17H,2-4,9-12H2,1H3,(H2,21,25)(H,22,23);1H. The zero-order valence-corrected chi connectivity index (χ0v) is 19.1. The molecule has 0 aromatic heterocycles. The smallest absolute Gasteiger partial charge is 0.217 e. The van der Waals surface area contributed by atoms with E-state index in [4.69, 9.17) is 10.7 Å². The first kappa shape index (κ1) is 21.5. The van der Waals surface area contributed by atoms with Crippen LogP contribution < -0.4 is 11.1 Å². The molecule has 3 rings (SSSR count). The monoisotopic (exact) mass is 534 g/mol. The van der Waals surface area contributed by atoms with Crippen molar-refractivity contribution in [2.45, 2.75) is 44.6 Å². The molecule has 3 N–H and O–H groups in total. The number of aliphatic imine (C=N–C) groups is 1. The van der Waals surface area contributed by atoms with E-state index < -0.39 is 0 Å². The van der Waals surface area contributed by atoms with Gasteiger partial charge in [-0.05, 0) is 49.8 Å². The van der Waals surface area contributed by atoms with Gasteiger partial charge in [0.1, 0.15) is 0 Å². The SMILES string of the molecule is CCN=C(NC1CC1c1ccc(Br)cc1)N1CCCC(CC(N)=O)C1.I. The molecule has 1 saturated heterocycles. The minimum atomic E-state index is -0.203. The summed E-state index contributed by atoms with van der Waals surface area (Å²) >= 11 is 3.49. The third kappa shape index (κ3) is 5.84. The largest absolute Gasteiger partial charge is 0.370 e. The number of benzene rings is 1. The summed E-state index contributed by atoms with van der Waals surface area (Å²) < 4.78 is 1.11. The van der Waals surface area contributed by atoms with Gasteiger partial charge in [0.2, 0.25) is 5.91 Å². The topological polar surface area (TPSA) is 70.7 Å². The number of guanidine groups is 1. The number of nitrogens with one attached hydrogen (secondary N) is 1. The molecular formula is C19H28BrIN4O. The summed E-state index contributed by atoms with van der Waals surface area (Å²) in [5.41, 5.74) is 6.76. The van der Waals surface area contributed by atoms with E-state index in [1.807, 2.05) is 0 Å². The maximum atomic E-state index is 11.2. The molecule has 1 saturated carbocycles. The van der Waals surface area contributed by atoms with Crippen LogP contribution in [-0.4, -0.2) is 42.4 Å². The molecule has 1 aliphatic heterocycles. The fourth-order valence-corrected chi connectivity index (χ4v) is 3.96. The first-order valence-corrected chi connectivity index (χ1v) is 9.95. The van der Waals surface area contributed by atoms with E-state index in [0.717, 1.165) is 49.3 Å². The molecule has 26 heavy (non-hydrogen) atoms. The van der Waals surface area contributed by atoms with Gasteiger partial charge in [0.15, 0.2) is 5.96 Å². The van der Waals surface area contributed by atoms with Crippen LogP contribution in [0.2, 0.25) is 0 Å². The number of hydrogen-bond donors (Lipinski definition) is 2. The molecule has 1 amide bonds. The van der Waals surface area contributed by atoms with Crippen LogP contribution in [0.25, 0.3) is 0 Å². The van der Waals surface area contributed by atoms with E-state index in [1.54, 1.807) is 0 Å². The average molecular weight is 535 g/mol. The van der Waals surface area contributed by atoms with Crippen molar-refractivity contribution in [3.63, 3.8) is 0 Å². The van der Waals surface area contributed by atoms with E-state index in [0.29, 0.717) is 24.3 Å². The Bertz CT molecular complexity index is 637. The second kappa shape index (κ2) is 9.92. The van der Waals surface area contributed by atoms with Crippen LogP contribution in [-0.2, 0) is 4.79 Å². The molecule has 7 heteroatoms. The van der Waals surface area contributed by atoms with Crippen molar-refractivity contribution in [1.82, 2.24) is 10.2 Å². The van der Waals surface area contributed by atoms with Gasteiger partial charge in [-0.25, -0.2) is 0 Å². The van der Waals surface area contributed by atoms with Gasteiger partial charge in [0, 0.05) is 42.5 Å². The number of piperidine rings is 1. The maximum Gasteiger partial charge on any atom is 0.217 e. The normalized spacial score (nSPS) is 25.4. The predicted octanol–water partition coefficient (Wildman–Crippen LogP) is 3.48. The van der Waals surface area contributed by atoms with Gasteiger partial charge in [-0.15, -0.1) is 24.0 Å². The number of likely N-dealkylation sites (tertiary alicyclic amines) is 1. The lowest BCUT2D eigenvalue weighted by Gasteiger charge is -2.35. The first-order valence-electron chi connectivity index (χ1n) is 9.16. The van der Waals surface area contributed by atoms with E-state index >= 15 is 0 Å². The van der Waals surface area contributed by atoms with Gasteiger partial charge in [-0.1, -0.05) is 28.1 Å². The number of nitrogens with two attached hydrogens (primary N) is 1. The molecule has 3 atom stereocenters. The summed E-state index contributed by atoms with van der Waals surface area (Å²) in [6.45, 7) is 4.68. The van der Waals surface area contributed by atoms with Crippen LogP contribution in [0.4, 0.5) is 0 Å². The predicted molar refractivity (Wildman–Crippen MR) is 120 cm³/mol. The Labute approximate surface area is 181 Å². The summed E-state index contributed by atoms with van der Waals surface area (Å²) in [4.78, 5) is 18.2. The molecule has 2 aliphatic rings. The Morgan fingerprint density at radius 3 is 2.77 bits per heavy atom. The van der Waals surface area contributed by atoms with Gasteiger partial charge in [0.25, 0.3) is 0 Å². The second-order valence-corrected chi connectivity index (χ2v) is 7.98. The van der Waals surface area contributed by atoms with Gasteiger partial charge >= 0.3 is 0 Å². The molecule has 3 unspecified atom stereocenters. The minimum absolute atomic E-state index is 0. The molecule has 5 nitrogen and oxygen atoms in total. The number of rotatable bonds is 5. The highest BCUT2D eigenvalue weighted by atomic mass is 127. The van der Waals surface area contributed by atoms with Crippen LogP contribution in [0.3, 0.4) is 0 Å². The molecule has 1 aromatic carbocycles. The lowest BCUT2D eigenvalue weighted by Crippen LogP contribution is -2.48. The van der Waals surface area contributed by atoms with E-state index in [1.165, 1.54) is 5.56 Å². The number of carbonyl (C=O) groups excluding carboxylic acids is 1. The lowest BCUT2D eigenvalue weighted by molar-refractivity contribution is -0.119. The van der Waals surface area contributed by atoms with E-state index in [-0.39, 0.29) is 29.9 Å². The van der Waals surface area contributed by atoms with Gasteiger partial charge in [-0.3, -0.25) is 9.79 Å². The van der Waals surface area contributed by atoms with Gasteiger partial charge < -0.3 is 16.0 Å². The van der Waals surface area contributed by atoms with Crippen molar-refractivity contribution in [3.8, 4) is 0 Å². The number of nitrogens with zero attached hydrogens (tertiary/aromatic N) is 2. The van der Waals surface area contributed by atoms with Crippen molar-refractivity contribution >= 4 is 51.8 Å². The Morgan fingerprint density at radius 1 is 1.38 bits per heavy atom. The summed E-state index contributed by atoms with van der Waals surface area (Å²) in [6.07, 6.45) is 3.77. The van der Waals surface area contributed by atoms with Crippen molar-refractivity contribution in [2.24, 2.45) is 16.6 Å². The average Bonchev–Trinajstić information content (AvgIpc) is 3.34. The molecule has 0 spiro atoms. The van der Waals surface area contributed by atoms with Crippen LogP contribution >= 0.6 is 39.9 Å². The number of amides is 1. The number of carbonyl (C=O) groups is 1. The zero-order valence-electron chi connectivity index (χ0n) is 15.2. The number of primary amides is 1. The first-order chi connectivity index (χ1) is 12.1. The molecule has 144 valence electrons. The zero-order chi connectivity index (χ0) is 17.8. The highest BCUT2D eigenvalue weighted by Gasteiger charge is 2.40. The van der Waals surface area contributed by atoms with Gasteiger partial charge in [0.05, 0.1) is 0 Å². The Hall–Kier alpha value is -0.830. The summed E-state index contributed by atoms with van der Waals surface area (Å²) in [6, 6.07) is 9.03. The highest BCUT2D eigenvalue weighted by Crippen LogP contribution is 2.41. The molecular weight excluding hydrogens is 507 g/mol. The summed E-state index contributed by atoms with van der Waals surface area (Å²) in [7, 11) is 0. The fraction of sp³-hybridized carbons (Fsp3) is 0.579. The molecule has 1 aromatic rings. The van der Waals surface area contributed by atoms with Crippen LogP contribution in [0.1, 0.15) is 44.1 Å². The van der Waals surface area contributed by atoms with Crippen LogP contribution in [0.5, 0.6) is 0 Å². The quantitative estimate of drug-likeness (QED) is 0.345. The third-order valence-corrected chi connectivity index (χ3v) is 5.55.